The fourth-order valence-electron chi connectivity index (χ4n) is 5.68. The maximum atomic E-state index is 12.2. The molecule has 1 saturated heterocycles. The van der Waals surface area contributed by atoms with Crippen molar-refractivity contribution >= 4 is 34.9 Å². The molecule has 6 rings (SSSR count). The Morgan fingerprint density at radius 3 is 2.31 bits per heavy atom. The molecule has 1 aliphatic carbocycles. The van der Waals surface area contributed by atoms with Crippen LogP contribution in [0.2, 0.25) is 0 Å². The van der Waals surface area contributed by atoms with Crippen molar-refractivity contribution in [2.45, 2.75) is 57.8 Å². The van der Waals surface area contributed by atoms with Crippen LogP contribution in [0.4, 0.5) is 5.82 Å². The first-order valence-corrected chi connectivity index (χ1v) is 13.6. The Morgan fingerprint density at radius 1 is 0.905 bits per heavy atom. The third kappa shape index (κ3) is 5.16. The molecule has 0 saturated carbocycles. The lowest BCUT2D eigenvalue weighted by Gasteiger charge is -2.35. The topological polar surface area (TPSA) is 144 Å². The SMILES string of the molecule is CC(=O)OC[C@H]1O[C@@H](n2cnc3c(N[C@H]4c5ccccc5-c5ccccc5[C@H]4OC(C)=O)ncnc32)C[C@@H]1OC(C)=O. The molecule has 5 atom stereocenters. The minimum atomic E-state index is -0.650. The van der Waals surface area contributed by atoms with E-state index in [-0.39, 0.29) is 6.61 Å². The number of carbonyl (C=O) groups is 3. The highest BCUT2D eigenvalue weighted by Gasteiger charge is 2.40. The highest BCUT2D eigenvalue weighted by Crippen LogP contribution is 2.47. The van der Waals surface area contributed by atoms with Crippen molar-refractivity contribution in [3.8, 4) is 11.1 Å². The molecule has 2 aromatic carbocycles. The van der Waals surface area contributed by atoms with Gasteiger partial charge in [0, 0.05) is 32.8 Å². The average molecular weight is 572 g/mol. The van der Waals surface area contributed by atoms with E-state index in [9.17, 15) is 14.4 Å². The number of hydrogen-bond donors (Lipinski definition) is 1. The molecule has 0 spiro atoms. The van der Waals surface area contributed by atoms with Gasteiger partial charge in [-0.1, -0.05) is 48.5 Å². The summed E-state index contributed by atoms with van der Waals surface area (Å²) >= 11 is 0. The Labute approximate surface area is 241 Å². The van der Waals surface area contributed by atoms with Gasteiger partial charge in [-0.15, -0.1) is 0 Å². The van der Waals surface area contributed by atoms with Gasteiger partial charge in [-0.05, 0) is 16.7 Å². The van der Waals surface area contributed by atoms with Crippen molar-refractivity contribution < 1.29 is 33.3 Å². The van der Waals surface area contributed by atoms with E-state index in [1.807, 2.05) is 48.5 Å². The number of carbonyl (C=O) groups excluding carboxylic acids is 3. The predicted molar refractivity (Wildman–Crippen MR) is 149 cm³/mol. The molecular formula is C30H29N5O7. The first kappa shape index (κ1) is 27.3. The molecule has 216 valence electrons. The molecule has 0 radical (unpaired) electrons. The van der Waals surface area contributed by atoms with Crippen LogP contribution in [0.5, 0.6) is 0 Å². The summed E-state index contributed by atoms with van der Waals surface area (Å²) in [7, 11) is 0. The summed E-state index contributed by atoms with van der Waals surface area (Å²) in [5.41, 5.74) is 4.82. The van der Waals surface area contributed by atoms with Gasteiger partial charge in [0.05, 0.1) is 12.4 Å². The van der Waals surface area contributed by atoms with Crippen molar-refractivity contribution in [3.63, 3.8) is 0 Å². The summed E-state index contributed by atoms with van der Waals surface area (Å²) in [6, 6.07) is 15.4. The molecule has 1 fully saturated rings. The Balaban J connectivity index is 1.34. The lowest BCUT2D eigenvalue weighted by Crippen LogP contribution is -2.31. The Bertz CT molecular complexity index is 1670. The van der Waals surface area contributed by atoms with Gasteiger partial charge in [-0.2, -0.15) is 0 Å². The van der Waals surface area contributed by atoms with Crippen LogP contribution >= 0.6 is 0 Å². The third-order valence-corrected chi connectivity index (χ3v) is 7.36. The monoisotopic (exact) mass is 571 g/mol. The van der Waals surface area contributed by atoms with E-state index >= 15 is 0 Å². The van der Waals surface area contributed by atoms with Crippen molar-refractivity contribution in [2.75, 3.05) is 11.9 Å². The number of imidazole rings is 1. The van der Waals surface area contributed by atoms with Crippen LogP contribution < -0.4 is 5.32 Å². The molecule has 2 aromatic heterocycles. The molecule has 0 unspecified atom stereocenters. The first-order chi connectivity index (χ1) is 20.3. The van der Waals surface area contributed by atoms with Gasteiger partial charge in [0.25, 0.3) is 0 Å². The smallest absolute Gasteiger partial charge is 0.303 e. The Kier molecular flexibility index (Phi) is 7.29. The maximum Gasteiger partial charge on any atom is 0.303 e. The van der Waals surface area contributed by atoms with E-state index in [0.717, 1.165) is 22.3 Å². The van der Waals surface area contributed by atoms with Crippen LogP contribution in [0, 0.1) is 0 Å². The Hall–Kier alpha value is -4.84. The minimum absolute atomic E-state index is 0.0572. The van der Waals surface area contributed by atoms with Crippen LogP contribution in [-0.2, 0) is 33.3 Å². The van der Waals surface area contributed by atoms with Crippen molar-refractivity contribution in [2.24, 2.45) is 0 Å². The molecule has 1 aliphatic heterocycles. The number of aromatic nitrogens is 4. The van der Waals surface area contributed by atoms with Crippen molar-refractivity contribution in [1.82, 2.24) is 19.5 Å². The number of ether oxygens (including phenoxy) is 4. The first-order valence-electron chi connectivity index (χ1n) is 13.6. The second kappa shape index (κ2) is 11.2. The number of hydrogen-bond acceptors (Lipinski definition) is 11. The van der Waals surface area contributed by atoms with Crippen LogP contribution in [-0.4, -0.2) is 56.2 Å². The van der Waals surface area contributed by atoms with Gasteiger partial charge in [0.1, 0.15) is 31.4 Å². The molecule has 0 bridgehead atoms. The molecule has 0 amide bonds. The quantitative estimate of drug-likeness (QED) is 0.253. The fraction of sp³-hybridized carbons (Fsp3) is 0.333. The molecule has 2 aliphatic rings. The lowest BCUT2D eigenvalue weighted by atomic mass is 9.80. The molecular weight excluding hydrogens is 542 g/mol. The molecule has 4 aromatic rings. The van der Waals surface area contributed by atoms with Gasteiger partial charge < -0.3 is 24.3 Å². The number of nitrogens with one attached hydrogen (secondary N) is 1. The Morgan fingerprint density at radius 2 is 1.60 bits per heavy atom. The molecule has 1 N–H and O–H groups in total. The number of rotatable bonds is 7. The van der Waals surface area contributed by atoms with E-state index in [4.69, 9.17) is 18.9 Å². The van der Waals surface area contributed by atoms with Gasteiger partial charge in [-0.3, -0.25) is 19.0 Å². The average Bonchev–Trinajstić information content (AvgIpc) is 3.57. The number of benzene rings is 2. The number of esters is 3. The zero-order valence-electron chi connectivity index (χ0n) is 23.2. The van der Waals surface area contributed by atoms with E-state index in [1.54, 1.807) is 10.9 Å². The fourth-order valence-corrected chi connectivity index (χ4v) is 5.68. The van der Waals surface area contributed by atoms with Gasteiger partial charge in [0.15, 0.2) is 23.1 Å². The molecule has 12 nitrogen and oxygen atoms in total. The third-order valence-electron chi connectivity index (χ3n) is 7.36. The standard InChI is InChI=1S/C30H29N5O7/c1-16(36)39-13-24-23(40-17(2)37)12-25(42-24)35-15-33-27-29(31-14-32-30(27)35)34-26-21-10-6-4-8-19(21)20-9-5-7-11-22(20)28(26)41-18(3)38/h4-11,14-15,23-26,28H,12-13H2,1-3H3,(H,31,32,34)/t23-,24+,25+,26-,28+/m0/s1. The summed E-state index contributed by atoms with van der Waals surface area (Å²) in [6.07, 6.45) is 0.841. The molecule has 42 heavy (non-hydrogen) atoms. The highest BCUT2D eigenvalue weighted by molar-refractivity contribution is 5.84. The van der Waals surface area contributed by atoms with Crippen molar-refractivity contribution in [3.05, 3.63) is 72.3 Å². The number of fused-ring (bicyclic) bond motifs is 4. The lowest BCUT2D eigenvalue weighted by molar-refractivity contribution is -0.155. The predicted octanol–water partition coefficient (Wildman–Crippen LogP) is 4.05. The zero-order chi connectivity index (χ0) is 29.4. The van der Waals surface area contributed by atoms with Gasteiger partial charge in [-0.25, -0.2) is 15.0 Å². The number of nitrogens with zero attached hydrogens (tertiary/aromatic N) is 4. The summed E-state index contributed by atoms with van der Waals surface area (Å²) in [4.78, 5) is 48.9. The largest absolute Gasteiger partial charge is 0.463 e. The van der Waals surface area contributed by atoms with Crippen molar-refractivity contribution in [1.29, 1.82) is 0 Å². The molecule has 3 heterocycles. The normalized spacial score (nSPS) is 22.6. The highest BCUT2D eigenvalue weighted by atomic mass is 16.6. The zero-order valence-corrected chi connectivity index (χ0v) is 23.2. The number of anilines is 1. The van der Waals surface area contributed by atoms with E-state index < -0.39 is 48.5 Å². The van der Waals surface area contributed by atoms with Crippen LogP contribution in [0.25, 0.3) is 22.3 Å². The van der Waals surface area contributed by atoms with Gasteiger partial charge >= 0.3 is 17.9 Å². The second-order valence-electron chi connectivity index (χ2n) is 10.2. The maximum absolute atomic E-state index is 12.2. The van der Waals surface area contributed by atoms with E-state index in [1.165, 1.54) is 27.1 Å². The van der Waals surface area contributed by atoms with Crippen LogP contribution in [0.15, 0.2) is 61.2 Å². The minimum Gasteiger partial charge on any atom is -0.463 e. The van der Waals surface area contributed by atoms with Crippen LogP contribution in [0.3, 0.4) is 0 Å². The summed E-state index contributed by atoms with van der Waals surface area (Å²) in [6.45, 7) is 3.96. The summed E-state index contributed by atoms with van der Waals surface area (Å²) < 4.78 is 24.4. The van der Waals surface area contributed by atoms with Gasteiger partial charge in [0.2, 0.25) is 0 Å². The van der Waals surface area contributed by atoms with E-state index in [0.29, 0.717) is 23.4 Å². The van der Waals surface area contributed by atoms with Crippen LogP contribution in [0.1, 0.15) is 56.7 Å². The van der Waals surface area contributed by atoms with E-state index in [2.05, 4.69) is 20.3 Å². The molecule has 12 heteroatoms. The summed E-state index contributed by atoms with van der Waals surface area (Å²) in [5, 5.41) is 3.48. The second-order valence-corrected chi connectivity index (χ2v) is 10.2. The summed E-state index contributed by atoms with van der Waals surface area (Å²) in [5.74, 6) is -0.875.